The van der Waals surface area contributed by atoms with E-state index in [1.165, 1.54) is 27.6 Å². The predicted molar refractivity (Wildman–Crippen MR) is 105 cm³/mol. The van der Waals surface area contributed by atoms with Gasteiger partial charge >= 0.3 is 0 Å². The number of anilines is 1. The largest absolute Gasteiger partial charge is 0.365 e. The number of rotatable bonds is 3. The summed E-state index contributed by atoms with van der Waals surface area (Å²) in [7, 11) is 1.87. The number of primary amides is 1. The van der Waals surface area contributed by atoms with E-state index in [1.807, 2.05) is 20.0 Å². The minimum Gasteiger partial charge on any atom is -0.365 e. The lowest BCUT2D eigenvalue weighted by molar-refractivity contribution is 0.100. The Hall–Kier alpha value is -2.19. The molecular weight excluding hydrogens is 368 g/mol. The van der Waals surface area contributed by atoms with Crippen LogP contribution in [-0.2, 0) is 19.9 Å². The van der Waals surface area contributed by atoms with Crippen LogP contribution < -0.4 is 11.1 Å². The second kappa shape index (κ2) is 6.51. The van der Waals surface area contributed by atoms with Crippen LogP contribution in [0, 0.1) is 6.92 Å². The summed E-state index contributed by atoms with van der Waals surface area (Å²) in [5, 5.41) is 8.87. The van der Waals surface area contributed by atoms with Crippen molar-refractivity contribution in [2.45, 2.75) is 39.0 Å². The first-order chi connectivity index (χ1) is 12.5. The van der Waals surface area contributed by atoms with Gasteiger partial charge in [0.1, 0.15) is 9.83 Å². The molecule has 3 aromatic heterocycles. The summed E-state index contributed by atoms with van der Waals surface area (Å²) in [5.41, 5.74) is 8.08. The molecule has 0 fully saturated rings. The minimum absolute atomic E-state index is 0.204. The van der Waals surface area contributed by atoms with Gasteiger partial charge in [0.05, 0.1) is 16.1 Å². The maximum absolute atomic E-state index is 12.8. The number of hydrogen-bond acceptors (Lipinski definition) is 5. The number of carbonyl (C=O) groups excluding carboxylic acids is 2. The van der Waals surface area contributed by atoms with E-state index in [-0.39, 0.29) is 5.91 Å². The fourth-order valence-corrected chi connectivity index (χ4v) is 5.88. The van der Waals surface area contributed by atoms with Crippen molar-refractivity contribution in [3.63, 3.8) is 0 Å². The number of nitrogens with zero attached hydrogens (tertiary/aromatic N) is 2. The molecule has 3 N–H and O–H groups in total. The zero-order chi connectivity index (χ0) is 18.4. The van der Waals surface area contributed by atoms with E-state index in [1.54, 1.807) is 4.68 Å². The summed E-state index contributed by atoms with van der Waals surface area (Å²) in [6.07, 6.45) is 5.13. The van der Waals surface area contributed by atoms with E-state index >= 15 is 0 Å². The Labute approximate surface area is 159 Å². The van der Waals surface area contributed by atoms with E-state index in [9.17, 15) is 9.59 Å². The van der Waals surface area contributed by atoms with Crippen molar-refractivity contribution >= 4 is 49.7 Å². The molecule has 26 heavy (non-hydrogen) atoms. The van der Waals surface area contributed by atoms with Crippen LogP contribution in [-0.4, -0.2) is 21.6 Å². The summed E-state index contributed by atoms with van der Waals surface area (Å²) in [6, 6.07) is 1.86. The van der Waals surface area contributed by atoms with Crippen molar-refractivity contribution in [3.8, 4) is 0 Å². The second-order valence-corrected chi connectivity index (χ2v) is 8.76. The third kappa shape index (κ3) is 2.83. The molecule has 4 rings (SSSR count). The normalized spacial score (nSPS) is 14.2. The number of fused-ring (bicyclic) bond motifs is 2. The molecule has 0 unspecified atom stereocenters. The van der Waals surface area contributed by atoms with Crippen molar-refractivity contribution in [2.75, 3.05) is 5.32 Å². The molecule has 2 amide bonds. The zero-order valence-electron chi connectivity index (χ0n) is 14.7. The van der Waals surface area contributed by atoms with Gasteiger partial charge in [0.2, 0.25) is 0 Å². The van der Waals surface area contributed by atoms with Gasteiger partial charge < -0.3 is 11.1 Å². The predicted octanol–water partition coefficient (Wildman–Crippen LogP) is 3.62. The molecule has 136 valence electrons. The average molecular weight is 389 g/mol. The fourth-order valence-electron chi connectivity index (χ4n) is 3.57. The SMILES string of the molecule is Cc1nn(C)c2sc(C(=O)Nc3sc4c(c3C(N)=O)CCCCC4)cc12. The molecule has 0 atom stereocenters. The minimum atomic E-state index is -0.462. The van der Waals surface area contributed by atoms with Crippen LogP contribution in [0.1, 0.15) is 55.4 Å². The summed E-state index contributed by atoms with van der Waals surface area (Å²) < 4.78 is 1.79. The summed E-state index contributed by atoms with van der Waals surface area (Å²) in [5.74, 6) is -0.666. The van der Waals surface area contributed by atoms with E-state index < -0.39 is 5.91 Å². The first-order valence-corrected chi connectivity index (χ1v) is 10.3. The number of aryl methyl sites for hydroxylation is 3. The standard InChI is InChI=1S/C18H20N4O2S2/c1-9-11-8-13(26-18(11)22(2)21-9)16(24)20-17-14(15(19)23)10-6-4-3-5-7-12(10)25-17/h8H,3-7H2,1-2H3,(H2,19,23)(H,20,24). The molecule has 1 aliphatic carbocycles. The van der Waals surface area contributed by atoms with E-state index in [4.69, 9.17) is 5.73 Å². The van der Waals surface area contributed by atoms with Gasteiger partial charge in [-0.1, -0.05) is 6.42 Å². The quantitative estimate of drug-likeness (QED) is 0.672. The Balaban J connectivity index is 1.68. The maximum Gasteiger partial charge on any atom is 0.266 e. The molecule has 3 heterocycles. The summed E-state index contributed by atoms with van der Waals surface area (Å²) >= 11 is 2.90. The summed E-state index contributed by atoms with van der Waals surface area (Å²) in [4.78, 5) is 27.6. The van der Waals surface area contributed by atoms with Crippen LogP contribution in [0.15, 0.2) is 6.07 Å². The number of nitrogens with two attached hydrogens (primary N) is 1. The molecular formula is C18H20N4O2S2. The Bertz CT molecular complexity index is 993. The van der Waals surface area contributed by atoms with Crippen LogP contribution in [0.25, 0.3) is 10.2 Å². The molecule has 0 spiro atoms. The lowest BCUT2D eigenvalue weighted by atomic mass is 10.1. The fraction of sp³-hybridized carbons (Fsp3) is 0.389. The van der Waals surface area contributed by atoms with Gasteiger partial charge in [0.25, 0.3) is 11.8 Å². The molecule has 1 aliphatic rings. The van der Waals surface area contributed by atoms with Gasteiger partial charge in [-0.3, -0.25) is 14.3 Å². The highest BCUT2D eigenvalue weighted by Crippen LogP contribution is 2.38. The van der Waals surface area contributed by atoms with E-state index in [0.717, 1.165) is 53.6 Å². The van der Waals surface area contributed by atoms with Gasteiger partial charge in [0.15, 0.2) is 0 Å². The molecule has 6 nitrogen and oxygen atoms in total. The van der Waals surface area contributed by atoms with Crippen molar-refractivity contribution in [1.29, 1.82) is 0 Å². The highest BCUT2D eigenvalue weighted by atomic mass is 32.1. The van der Waals surface area contributed by atoms with Crippen molar-refractivity contribution in [1.82, 2.24) is 9.78 Å². The first kappa shape index (κ1) is 17.2. The molecule has 0 saturated carbocycles. The van der Waals surface area contributed by atoms with Crippen LogP contribution in [0.5, 0.6) is 0 Å². The number of carbonyl (C=O) groups is 2. The van der Waals surface area contributed by atoms with Gasteiger partial charge in [-0.25, -0.2) is 0 Å². The third-order valence-electron chi connectivity index (χ3n) is 4.81. The Morgan fingerprint density at radius 2 is 2.00 bits per heavy atom. The second-order valence-electron chi connectivity index (χ2n) is 6.63. The van der Waals surface area contributed by atoms with Gasteiger partial charge in [0, 0.05) is 17.3 Å². The monoisotopic (exact) mass is 388 g/mol. The van der Waals surface area contributed by atoms with Crippen molar-refractivity contribution in [3.05, 3.63) is 32.6 Å². The van der Waals surface area contributed by atoms with E-state index in [0.29, 0.717) is 15.4 Å². The maximum atomic E-state index is 12.8. The van der Waals surface area contributed by atoms with Gasteiger partial charge in [-0.15, -0.1) is 22.7 Å². The van der Waals surface area contributed by atoms with Crippen molar-refractivity contribution < 1.29 is 9.59 Å². The van der Waals surface area contributed by atoms with E-state index in [2.05, 4.69) is 10.4 Å². The molecule has 0 saturated heterocycles. The number of hydrogen-bond donors (Lipinski definition) is 2. The lowest BCUT2D eigenvalue weighted by Gasteiger charge is -2.05. The van der Waals surface area contributed by atoms with Crippen LogP contribution in [0.3, 0.4) is 0 Å². The number of amides is 2. The Morgan fingerprint density at radius 1 is 1.23 bits per heavy atom. The molecule has 8 heteroatoms. The van der Waals surface area contributed by atoms with Crippen molar-refractivity contribution in [2.24, 2.45) is 12.8 Å². The van der Waals surface area contributed by atoms with Crippen LogP contribution >= 0.6 is 22.7 Å². The molecule has 0 radical (unpaired) electrons. The highest BCUT2D eigenvalue weighted by Gasteiger charge is 2.25. The molecule has 0 bridgehead atoms. The number of aromatic nitrogens is 2. The average Bonchev–Trinajstić information content (AvgIpc) is 3.18. The number of nitrogens with one attached hydrogen (secondary N) is 1. The smallest absolute Gasteiger partial charge is 0.266 e. The Kier molecular flexibility index (Phi) is 4.32. The lowest BCUT2D eigenvalue weighted by Crippen LogP contribution is -2.17. The molecule has 0 aliphatic heterocycles. The van der Waals surface area contributed by atoms with Gasteiger partial charge in [-0.05, 0) is 44.2 Å². The topological polar surface area (TPSA) is 90.0 Å². The highest BCUT2D eigenvalue weighted by molar-refractivity contribution is 7.21. The number of thiophene rings is 2. The zero-order valence-corrected chi connectivity index (χ0v) is 16.4. The van der Waals surface area contributed by atoms with Crippen LogP contribution in [0.2, 0.25) is 0 Å². The molecule has 3 aromatic rings. The molecule has 0 aromatic carbocycles. The summed E-state index contributed by atoms with van der Waals surface area (Å²) in [6.45, 7) is 1.93. The van der Waals surface area contributed by atoms with Crippen LogP contribution in [0.4, 0.5) is 5.00 Å². The first-order valence-electron chi connectivity index (χ1n) is 8.64. The third-order valence-corrected chi connectivity index (χ3v) is 7.22. The Morgan fingerprint density at radius 3 is 2.73 bits per heavy atom. The van der Waals surface area contributed by atoms with Gasteiger partial charge in [-0.2, -0.15) is 5.10 Å².